The monoisotopic (exact) mass is 958 g/mol. The third-order valence-corrected chi connectivity index (χ3v) is 12.4. The molecule has 6 aliphatic heterocycles. The first-order valence-electron chi connectivity index (χ1n) is 20.9. The van der Waals surface area contributed by atoms with Crippen LogP contribution in [0.5, 0.6) is 0 Å². The van der Waals surface area contributed by atoms with Crippen molar-refractivity contribution in [1.82, 2.24) is 0 Å². The highest BCUT2D eigenvalue weighted by Crippen LogP contribution is 2.38. The minimum atomic E-state index is -2.23. The summed E-state index contributed by atoms with van der Waals surface area (Å²) in [6.45, 7) is -1.34. The average molecular weight is 959 g/mol. The summed E-state index contributed by atoms with van der Waals surface area (Å²) >= 11 is 0. The lowest BCUT2D eigenvalue weighted by Gasteiger charge is -2.51. The SMILES string of the molecule is C[C@@H]1O[C@@H](O[C@H]2[C@H](O)[C@@H](O)[C@H](O[C@H]3[C@H](O[C@@H]4[C@H](O)[C@@H](O)[C@H](O)O[C@@H]4CO)O[C@H](CO)[C@@H](O)[C@@H]3O[C@@H]3O[C@H](CO)[C@@H](O[C@@H]4O[C@@H](C)[C@H](O)[C@@H](O)[C@H]4O)[C@H](O)[C@H]3O)O[C@@H]2CO)[C@H](O)[C@H](O)[C@H]1O. The van der Waals surface area contributed by atoms with E-state index in [0.29, 0.717) is 0 Å². The van der Waals surface area contributed by atoms with Crippen LogP contribution in [0.1, 0.15) is 13.8 Å². The first-order chi connectivity index (χ1) is 30.7. The van der Waals surface area contributed by atoms with Crippen LogP contribution in [0.25, 0.3) is 0 Å². The van der Waals surface area contributed by atoms with Crippen LogP contribution in [0.3, 0.4) is 0 Å². The molecule has 0 aromatic rings. The maximum Gasteiger partial charge on any atom is 0.187 e. The van der Waals surface area contributed by atoms with Gasteiger partial charge < -0.3 is 144 Å². The van der Waals surface area contributed by atoms with E-state index in [1.54, 1.807) is 0 Å². The van der Waals surface area contributed by atoms with E-state index in [-0.39, 0.29) is 0 Å². The summed E-state index contributed by atoms with van der Waals surface area (Å²) in [6.07, 6.45) is -55.8. The lowest BCUT2D eigenvalue weighted by molar-refractivity contribution is -0.412. The summed E-state index contributed by atoms with van der Waals surface area (Å²) in [5.74, 6) is 0. The van der Waals surface area contributed by atoms with Crippen molar-refractivity contribution in [3.8, 4) is 0 Å². The summed E-state index contributed by atoms with van der Waals surface area (Å²) in [4.78, 5) is 0. The zero-order chi connectivity index (χ0) is 47.9. The molecular weight excluding hydrogens is 896 g/mol. The minimum Gasteiger partial charge on any atom is -0.394 e. The Bertz CT molecular complexity index is 1470. The van der Waals surface area contributed by atoms with E-state index >= 15 is 0 Å². The summed E-state index contributed by atoms with van der Waals surface area (Å²) < 4.78 is 62.4. The van der Waals surface area contributed by atoms with Crippen molar-refractivity contribution in [2.24, 2.45) is 0 Å². The van der Waals surface area contributed by atoms with Gasteiger partial charge in [-0.3, -0.25) is 0 Å². The summed E-state index contributed by atoms with van der Waals surface area (Å²) in [5, 5.41) is 191. The summed E-state index contributed by atoms with van der Waals surface area (Å²) in [6, 6.07) is 0. The van der Waals surface area contributed by atoms with Gasteiger partial charge in [0, 0.05) is 0 Å². The van der Waals surface area contributed by atoms with Crippen molar-refractivity contribution in [3.63, 3.8) is 0 Å². The highest BCUT2D eigenvalue weighted by molar-refractivity contribution is 5.00. The molecule has 6 fully saturated rings. The fourth-order valence-electron chi connectivity index (χ4n) is 8.38. The van der Waals surface area contributed by atoms with E-state index in [1.807, 2.05) is 0 Å². The maximum absolute atomic E-state index is 11.6. The topological polar surface area (TPSA) is 466 Å². The molecular formula is C36H62O29. The number of aliphatic hydroxyl groups excluding tert-OH is 18. The van der Waals surface area contributed by atoms with Gasteiger partial charge in [-0.25, -0.2) is 0 Å². The predicted molar refractivity (Wildman–Crippen MR) is 196 cm³/mol. The molecule has 380 valence electrons. The van der Waals surface area contributed by atoms with E-state index in [9.17, 15) is 91.9 Å². The van der Waals surface area contributed by atoms with Gasteiger partial charge >= 0.3 is 0 Å². The van der Waals surface area contributed by atoms with Crippen LogP contribution in [0.15, 0.2) is 0 Å². The van der Waals surface area contributed by atoms with E-state index < -0.39 is 211 Å². The van der Waals surface area contributed by atoms with Crippen LogP contribution in [0, 0.1) is 0 Å². The molecule has 0 saturated carbocycles. The molecule has 0 aromatic carbocycles. The Morgan fingerprint density at radius 2 is 0.585 bits per heavy atom. The maximum atomic E-state index is 11.6. The molecule has 65 heavy (non-hydrogen) atoms. The van der Waals surface area contributed by atoms with Crippen molar-refractivity contribution >= 4 is 0 Å². The molecule has 0 radical (unpaired) electrons. The molecule has 0 aromatic heterocycles. The van der Waals surface area contributed by atoms with E-state index in [2.05, 4.69) is 0 Å². The normalized spacial score (nSPS) is 54.6. The van der Waals surface area contributed by atoms with Gasteiger partial charge in [0.2, 0.25) is 0 Å². The molecule has 0 unspecified atom stereocenters. The van der Waals surface area contributed by atoms with Gasteiger partial charge in [-0.2, -0.15) is 0 Å². The highest BCUT2D eigenvalue weighted by Gasteiger charge is 2.58. The Hall–Kier alpha value is -1.16. The quantitative estimate of drug-likeness (QED) is 0.0768. The lowest BCUT2D eigenvalue weighted by Crippen LogP contribution is -2.69. The molecule has 6 aliphatic rings. The highest BCUT2D eigenvalue weighted by atomic mass is 16.8. The number of hydrogen-bond donors (Lipinski definition) is 18. The third-order valence-electron chi connectivity index (χ3n) is 12.4. The van der Waals surface area contributed by atoms with E-state index in [1.165, 1.54) is 13.8 Å². The fraction of sp³-hybridized carbons (Fsp3) is 1.00. The van der Waals surface area contributed by atoms with Crippen LogP contribution in [0.2, 0.25) is 0 Å². The largest absolute Gasteiger partial charge is 0.394 e. The Labute approximate surface area is 368 Å². The second-order valence-corrected chi connectivity index (χ2v) is 16.7. The molecule has 30 atom stereocenters. The zero-order valence-electron chi connectivity index (χ0n) is 34.7. The van der Waals surface area contributed by atoms with Crippen LogP contribution in [-0.2, 0) is 52.1 Å². The second kappa shape index (κ2) is 22.3. The Balaban J connectivity index is 1.29. The van der Waals surface area contributed by atoms with Gasteiger partial charge in [-0.15, -0.1) is 0 Å². The number of hydrogen-bond acceptors (Lipinski definition) is 29. The fourth-order valence-corrected chi connectivity index (χ4v) is 8.38. The van der Waals surface area contributed by atoms with Crippen molar-refractivity contribution in [2.45, 2.75) is 198 Å². The third kappa shape index (κ3) is 10.8. The molecule has 6 rings (SSSR count). The average Bonchev–Trinajstić information content (AvgIpc) is 3.29. The predicted octanol–water partition coefficient (Wildman–Crippen LogP) is -12.0. The van der Waals surface area contributed by atoms with Crippen LogP contribution in [-0.4, -0.2) is 303 Å². The number of rotatable bonds is 14. The van der Waals surface area contributed by atoms with Gasteiger partial charge in [0.25, 0.3) is 0 Å². The zero-order valence-corrected chi connectivity index (χ0v) is 34.7. The first kappa shape index (κ1) is 53.2. The molecule has 0 amide bonds. The van der Waals surface area contributed by atoms with E-state index in [4.69, 9.17) is 52.1 Å². The van der Waals surface area contributed by atoms with Crippen molar-refractivity contribution in [2.75, 3.05) is 26.4 Å². The van der Waals surface area contributed by atoms with Gasteiger partial charge in [0.15, 0.2) is 37.7 Å². The summed E-state index contributed by atoms with van der Waals surface area (Å²) in [5.41, 5.74) is 0. The molecule has 29 heteroatoms. The van der Waals surface area contributed by atoms with Gasteiger partial charge in [-0.1, -0.05) is 0 Å². The smallest absolute Gasteiger partial charge is 0.187 e. The lowest BCUT2D eigenvalue weighted by atomic mass is 9.95. The van der Waals surface area contributed by atoms with Gasteiger partial charge in [-0.05, 0) is 13.8 Å². The second-order valence-electron chi connectivity index (χ2n) is 16.7. The Morgan fingerprint density at radius 1 is 0.277 bits per heavy atom. The standard InChI is InChI=1S/C36H62O29/c1-7-13(41)16(44)22(50)32(55-7)61-27-11(5-39)59-34(24(52)19(27)47)64-29-15(43)9(3-37)58-36(63-26-10(4-38)57-31(54)21(49)18(26)46)30(29)65-35-25(53)20(48)28(12(6-40)60-35)62-33-23(51)17(45)14(42)8(2)56-33/h7-54H,3-6H2,1-2H3/t7-,8-,9+,10+,11+,12+,13-,14-,15+,16+,17+,18+,19+,20+,21+,22+,23+,24+,25+,26-,27+,28+,29-,30+,31+,32-,33-,34-,35-,36-/m0/s1. The van der Waals surface area contributed by atoms with Crippen LogP contribution >= 0.6 is 0 Å². The first-order valence-corrected chi connectivity index (χ1v) is 20.9. The number of ether oxygens (including phenoxy) is 11. The van der Waals surface area contributed by atoms with Crippen molar-refractivity contribution in [1.29, 1.82) is 0 Å². The molecule has 29 nitrogen and oxygen atoms in total. The molecule has 0 bridgehead atoms. The number of aliphatic hydroxyl groups is 18. The molecule has 6 saturated heterocycles. The molecule has 0 spiro atoms. The summed E-state index contributed by atoms with van der Waals surface area (Å²) in [7, 11) is 0. The van der Waals surface area contributed by atoms with E-state index in [0.717, 1.165) is 0 Å². The Kier molecular flexibility index (Phi) is 18.2. The van der Waals surface area contributed by atoms with Gasteiger partial charge in [0.05, 0.1) is 38.6 Å². The van der Waals surface area contributed by atoms with Crippen LogP contribution < -0.4 is 0 Å². The molecule has 6 heterocycles. The van der Waals surface area contributed by atoms with Gasteiger partial charge in [0.1, 0.15) is 134 Å². The molecule has 18 N–H and O–H groups in total. The van der Waals surface area contributed by atoms with Crippen molar-refractivity contribution in [3.05, 3.63) is 0 Å². The molecule has 0 aliphatic carbocycles. The Morgan fingerprint density at radius 3 is 1.00 bits per heavy atom. The minimum absolute atomic E-state index is 0.965. The van der Waals surface area contributed by atoms with Crippen LogP contribution in [0.4, 0.5) is 0 Å². The van der Waals surface area contributed by atoms with Crippen molar-refractivity contribution < 1.29 is 144 Å².